The SMILES string of the molecule is C[C@H](CC(=O)NC(CC(=O)O)C1CC1)NC(=O)OCC1c2ccccc2-c2ccccc21. The first-order valence-electron chi connectivity index (χ1n) is 11.0. The van der Waals surface area contributed by atoms with E-state index in [4.69, 9.17) is 9.84 Å². The van der Waals surface area contributed by atoms with Gasteiger partial charge >= 0.3 is 12.1 Å². The summed E-state index contributed by atoms with van der Waals surface area (Å²) in [6, 6.07) is 15.5. The van der Waals surface area contributed by atoms with Crippen LogP contribution in [0.1, 0.15) is 49.7 Å². The van der Waals surface area contributed by atoms with Crippen LogP contribution in [0.2, 0.25) is 0 Å². The average molecular weight is 437 g/mol. The van der Waals surface area contributed by atoms with Gasteiger partial charge < -0.3 is 20.5 Å². The summed E-state index contributed by atoms with van der Waals surface area (Å²) in [6.45, 7) is 1.94. The smallest absolute Gasteiger partial charge is 0.407 e. The number of hydrogen-bond donors (Lipinski definition) is 3. The van der Waals surface area contributed by atoms with Gasteiger partial charge in [0.25, 0.3) is 0 Å². The van der Waals surface area contributed by atoms with Gasteiger partial charge in [0.15, 0.2) is 0 Å². The van der Waals surface area contributed by atoms with Gasteiger partial charge in [-0.1, -0.05) is 48.5 Å². The molecule has 0 heterocycles. The highest BCUT2D eigenvalue weighted by Crippen LogP contribution is 2.44. The molecular formula is C25H28N2O5. The molecule has 7 nitrogen and oxygen atoms in total. The van der Waals surface area contributed by atoms with E-state index in [1.165, 1.54) is 0 Å². The third kappa shape index (κ3) is 5.10. The maximum absolute atomic E-state index is 12.4. The number of carboxylic acids is 1. The Morgan fingerprint density at radius 2 is 1.56 bits per heavy atom. The number of hydrogen-bond acceptors (Lipinski definition) is 4. The minimum atomic E-state index is -0.924. The van der Waals surface area contributed by atoms with Crippen LogP contribution in [0.4, 0.5) is 4.79 Å². The van der Waals surface area contributed by atoms with Gasteiger partial charge in [0, 0.05) is 24.4 Å². The molecule has 0 aliphatic heterocycles. The molecule has 2 aromatic carbocycles. The highest BCUT2D eigenvalue weighted by Gasteiger charge is 2.34. The summed E-state index contributed by atoms with van der Waals surface area (Å²) in [4.78, 5) is 35.7. The molecule has 0 saturated heterocycles. The van der Waals surface area contributed by atoms with Crippen molar-refractivity contribution in [1.29, 1.82) is 0 Å². The van der Waals surface area contributed by atoms with Crippen molar-refractivity contribution in [3.63, 3.8) is 0 Å². The number of aliphatic carboxylic acids is 1. The Morgan fingerprint density at radius 3 is 2.12 bits per heavy atom. The fraction of sp³-hybridized carbons (Fsp3) is 0.400. The first-order chi connectivity index (χ1) is 15.4. The monoisotopic (exact) mass is 436 g/mol. The second-order valence-electron chi connectivity index (χ2n) is 8.68. The summed E-state index contributed by atoms with van der Waals surface area (Å²) in [7, 11) is 0. The number of nitrogens with one attached hydrogen (secondary N) is 2. The molecule has 1 unspecified atom stereocenters. The molecule has 0 spiro atoms. The molecule has 3 N–H and O–H groups in total. The summed E-state index contributed by atoms with van der Waals surface area (Å²) in [5, 5.41) is 14.5. The van der Waals surface area contributed by atoms with Gasteiger partial charge in [0.1, 0.15) is 6.61 Å². The van der Waals surface area contributed by atoms with Crippen LogP contribution in [-0.4, -0.2) is 41.8 Å². The quantitative estimate of drug-likeness (QED) is 0.556. The van der Waals surface area contributed by atoms with Gasteiger partial charge in [0.2, 0.25) is 5.91 Å². The molecule has 2 aliphatic rings. The highest BCUT2D eigenvalue weighted by atomic mass is 16.5. The van der Waals surface area contributed by atoms with Crippen molar-refractivity contribution in [3.8, 4) is 11.1 Å². The molecule has 4 rings (SSSR count). The Bertz CT molecular complexity index is 971. The number of carboxylic acid groups (broad SMARTS) is 1. The molecular weight excluding hydrogens is 408 g/mol. The van der Waals surface area contributed by atoms with E-state index >= 15 is 0 Å². The predicted molar refractivity (Wildman–Crippen MR) is 119 cm³/mol. The minimum Gasteiger partial charge on any atom is -0.481 e. The van der Waals surface area contributed by atoms with Gasteiger partial charge in [-0.05, 0) is 47.9 Å². The van der Waals surface area contributed by atoms with Crippen molar-refractivity contribution in [2.75, 3.05) is 6.61 Å². The Kier molecular flexibility index (Phi) is 6.44. The maximum atomic E-state index is 12.4. The van der Waals surface area contributed by atoms with E-state index < -0.39 is 18.1 Å². The molecule has 0 aromatic heterocycles. The normalized spacial score (nSPS) is 16.4. The molecule has 2 atom stereocenters. The van der Waals surface area contributed by atoms with Crippen LogP contribution < -0.4 is 10.6 Å². The summed E-state index contributed by atoms with van der Waals surface area (Å²) in [5.74, 6) is -0.982. The van der Waals surface area contributed by atoms with E-state index in [-0.39, 0.29) is 43.2 Å². The third-order valence-electron chi connectivity index (χ3n) is 6.13. The molecule has 2 amide bonds. The van der Waals surface area contributed by atoms with Crippen LogP contribution in [0, 0.1) is 5.92 Å². The van der Waals surface area contributed by atoms with Crippen molar-refractivity contribution in [3.05, 3.63) is 59.7 Å². The zero-order chi connectivity index (χ0) is 22.7. The van der Waals surface area contributed by atoms with Gasteiger partial charge in [0.05, 0.1) is 6.42 Å². The van der Waals surface area contributed by atoms with Gasteiger partial charge in [-0.15, -0.1) is 0 Å². The molecule has 32 heavy (non-hydrogen) atoms. The average Bonchev–Trinajstić information content (AvgIpc) is 3.54. The number of amides is 2. The topological polar surface area (TPSA) is 105 Å². The van der Waals surface area contributed by atoms with Crippen molar-refractivity contribution in [2.24, 2.45) is 5.92 Å². The second-order valence-corrected chi connectivity index (χ2v) is 8.68. The molecule has 7 heteroatoms. The van der Waals surface area contributed by atoms with Crippen LogP contribution in [0.5, 0.6) is 0 Å². The molecule has 0 radical (unpaired) electrons. The second kappa shape index (κ2) is 9.42. The van der Waals surface area contributed by atoms with E-state index in [1.807, 2.05) is 24.3 Å². The lowest BCUT2D eigenvalue weighted by molar-refractivity contribution is -0.137. The fourth-order valence-electron chi connectivity index (χ4n) is 4.46. The number of alkyl carbamates (subject to hydrolysis) is 1. The standard InChI is InChI=1S/C25H28N2O5/c1-15(12-23(28)27-22(13-24(29)30)16-10-11-16)26-25(31)32-14-21-19-8-4-2-6-17(19)18-7-3-5-9-20(18)21/h2-9,15-16,21-22H,10-14H2,1H3,(H,26,31)(H,27,28)(H,29,30)/t15-,22?/m1/s1. The molecule has 2 aliphatic carbocycles. The Balaban J connectivity index is 1.28. The number of rotatable bonds is 9. The number of carbonyl (C=O) groups excluding carboxylic acids is 2. The summed E-state index contributed by atoms with van der Waals surface area (Å²) in [6.07, 6.45) is 1.28. The lowest BCUT2D eigenvalue weighted by Gasteiger charge is -2.19. The maximum Gasteiger partial charge on any atom is 0.407 e. The molecule has 0 bridgehead atoms. The van der Waals surface area contributed by atoms with Crippen LogP contribution in [0.3, 0.4) is 0 Å². The summed E-state index contributed by atoms with van der Waals surface area (Å²) in [5.41, 5.74) is 4.60. The van der Waals surface area contributed by atoms with E-state index in [9.17, 15) is 14.4 Å². The molecule has 1 saturated carbocycles. The Hall–Kier alpha value is -3.35. The van der Waals surface area contributed by atoms with Crippen LogP contribution in [-0.2, 0) is 14.3 Å². The predicted octanol–water partition coefficient (Wildman–Crippen LogP) is 3.67. The van der Waals surface area contributed by atoms with Crippen molar-refractivity contribution in [1.82, 2.24) is 10.6 Å². The first-order valence-corrected chi connectivity index (χ1v) is 11.0. The lowest BCUT2D eigenvalue weighted by atomic mass is 9.98. The molecule has 1 fully saturated rings. The van der Waals surface area contributed by atoms with Crippen molar-refractivity contribution < 1.29 is 24.2 Å². The van der Waals surface area contributed by atoms with Crippen molar-refractivity contribution in [2.45, 2.75) is 50.6 Å². The highest BCUT2D eigenvalue weighted by molar-refractivity contribution is 5.80. The first kappa shape index (κ1) is 21.9. The number of benzene rings is 2. The van der Waals surface area contributed by atoms with E-state index in [0.717, 1.165) is 35.1 Å². The van der Waals surface area contributed by atoms with Gasteiger partial charge in [-0.25, -0.2) is 4.79 Å². The Labute approximate surface area is 187 Å². The van der Waals surface area contributed by atoms with E-state index in [1.54, 1.807) is 6.92 Å². The third-order valence-corrected chi connectivity index (χ3v) is 6.13. The van der Waals surface area contributed by atoms with Gasteiger partial charge in [-0.3, -0.25) is 9.59 Å². The number of fused-ring (bicyclic) bond motifs is 3. The van der Waals surface area contributed by atoms with E-state index in [2.05, 4.69) is 34.9 Å². The number of carbonyl (C=O) groups is 3. The van der Waals surface area contributed by atoms with Crippen LogP contribution in [0.25, 0.3) is 11.1 Å². The van der Waals surface area contributed by atoms with Crippen molar-refractivity contribution >= 4 is 18.0 Å². The summed E-state index contributed by atoms with van der Waals surface area (Å²) < 4.78 is 5.51. The molecule has 2 aromatic rings. The molecule has 168 valence electrons. The zero-order valence-corrected chi connectivity index (χ0v) is 18.0. The summed E-state index contributed by atoms with van der Waals surface area (Å²) >= 11 is 0. The fourth-order valence-corrected chi connectivity index (χ4v) is 4.46. The van der Waals surface area contributed by atoms with Crippen LogP contribution >= 0.6 is 0 Å². The largest absolute Gasteiger partial charge is 0.481 e. The van der Waals surface area contributed by atoms with Crippen LogP contribution in [0.15, 0.2) is 48.5 Å². The van der Waals surface area contributed by atoms with E-state index in [0.29, 0.717) is 0 Å². The Morgan fingerprint density at radius 1 is 0.969 bits per heavy atom. The van der Waals surface area contributed by atoms with Gasteiger partial charge in [-0.2, -0.15) is 0 Å². The number of ether oxygens (including phenoxy) is 1. The minimum absolute atomic E-state index is 0.0259. The zero-order valence-electron chi connectivity index (χ0n) is 18.0. The lowest BCUT2D eigenvalue weighted by Crippen LogP contribution is -2.42.